The number of carbonyl (C=O) groups is 2. The van der Waals surface area contributed by atoms with Crippen LogP contribution in [-0.2, 0) is 9.59 Å². The van der Waals surface area contributed by atoms with Crippen molar-refractivity contribution < 1.29 is 19.4 Å². The molecule has 5 nitrogen and oxygen atoms in total. The van der Waals surface area contributed by atoms with Crippen molar-refractivity contribution in [2.75, 3.05) is 13.2 Å². The molecule has 2 rings (SSSR count). The summed E-state index contributed by atoms with van der Waals surface area (Å²) in [6.07, 6.45) is 2.26. The highest BCUT2D eigenvalue weighted by atomic mass is 16.5. The third-order valence-electron chi connectivity index (χ3n) is 3.77. The van der Waals surface area contributed by atoms with E-state index in [9.17, 15) is 9.59 Å². The first-order valence-electron chi connectivity index (χ1n) is 7.21. The summed E-state index contributed by atoms with van der Waals surface area (Å²) in [5.74, 6) is -0.135. The van der Waals surface area contributed by atoms with Gasteiger partial charge in [-0.25, -0.2) is 0 Å². The van der Waals surface area contributed by atoms with E-state index in [0.29, 0.717) is 32.3 Å². The normalized spacial score (nSPS) is 15.3. The molecule has 0 radical (unpaired) electrons. The Hall–Kier alpha value is -2.04. The molecule has 0 heterocycles. The van der Waals surface area contributed by atoms with Crippen LogP contribution in [0.3, 0.4) is 0 Å². The Kier molecular flexibility index (Phi) is 4.83. The van der Waals surface area contributed by atoms with Crippen molar-refractivity contribution in [2.24, 2.45) is 5.41 Å². The molecule has 0 bridgehead atoms. The number of hydrogen-bond acceptors (Lipinski definition) is 3. The number of aryl methyl sites for hydroxylation is 1. The van der Waals surface area contributed by atoms with Gasteiger partial charge in [0, 0.05) is 13.0 Å². The number of rotatable bonds is 8. The zero-order valence-electron chi connectivity index (χ0n) is 12.2. The fraction of sp³-hybridized carbons (Fsp3) is 0.500. The predicted octanol–water partition coefficient (Wildman–Crippen LogP) is 2.14. The first-order valence-corrected chi connectivity index (χ1v) is 7.21. The van der Waals surface area contributed by atoms with Gasteiger partial charge in [0.2, 0.25) is 5.91 Å². The van der Waals surface area contributed by atoms with Crippen molar-refractivity contribution in [3.63, 3.8) is 0 Å². The second-order valence-electron chi connectivity index (χ2n) is 5.63. The minimum absolute atomic E-state index is 0.116. The maximum absolute atomic E-state index is 11.6. The van der Waals surface area contributed by atoms with Gasteiger partial charge in [0.15, 0.2) is 0 Å². The molecule has 1 amide bonds. The van der Waals surface area contributed by atoms with Crippen molar-refractivity contribution in [1.82, 2.24) is 5.32 Å². The van der Waals surface area contributed by atoms with Gasteiger partial charge in [-0.3, -0.25) is 9.59 Å². The monoisotopic (exact) mass is 291 g/mol. The van der Waals surface area contributed by atoms with E-state index in [1.54, 1.807) is 0 Å². The van der Waals surface area contributed by atoms with E-state index in [1.807, 2.05) is 31.2 Å². The molecule has 1 saturated carbocycles. The van der Waals surface area contributed by atoms with Gasteiger partial charge in [-0.2, -0.15) is 0 Å². The van der Waals surface area contributed by atoms with E-state index in [0.717, 1.165) is 5.75 Å². The Morgan fingerprint density at radius 1 is 1.29 bits per heavy atom. The first-order chi connectivity index (χ1) is 10.0. The molecule has 1 aromatic carbocycles. The highest BCUT2D eigenvalue weighted by Crippen LogP contribution is 2.45. The van der Waals surface area contributed by atoms with Gasteiger partial charge in [-0.15, -0.1) is 0 Å². The van der Waals surface area contributed by atoms with Crippen LogP contribution in [0.4, 0.5) is 0 Å². The Balaban J connectivity index is 1.59. The molecule has 0 spiro atoms. The molecule has 1 aliphatic rings. The molecule has 0 atom stereocenters. The summed E-state index contributed by atoms with van der Waals surface area (Å²) in [4.78, 5) is 22.6. The van der Waals surface area contributed by atoms with Crippen LogP contribution in [0.5, 0.6) is 5.75 Å². The van der Waals surface area contributed by atoms with Crippen molar-refractivity contribution >= 4 is 11.9 Å². The fourth-order valence-electron chi connectivity index (χ4n) is 2.03. The van der Waals surface area contributed by atoms with Crippen LogP contribution in [0.25, 0.3) is 0 Å². The largest absolute Gasteiger partial charge is 0.494 e. The third kappa shape index (κ3) is 4.48. The average molecular weight is 291 g/mol. The van der Waals surface area contributed by atoms with Crippen LogP contribution in [0.15, 0.2) is 24.3 Å². The number of carbonyl (C=O) groups excluding carboxylic acids is 1. The van der Waals surface area contributed by atoms with Gasteiger partial charge >= 0.3 is 5.97 Å². The van der Waals surface area contributed by atoms with Crippen LogP contribution in [0.2, 0.25) is 0 Å². The molecule has 0 aromatic heterocycles. The lowest BCUT2D eigenvalue weighted by molar-refractivity contribution is -0.143. The third-order valence-corrected chi connectivity index (χ3v) is 3.77. The fourth-order valence-corrected chi connectivity index (χ4v) is 2.03. The molecule has 21 heavy (non-hydrogen) atoms. The molecule has 1 aromatic rings. The van der Waals surface area contributed by atoms with Crippen LogP contribution in [-0.4, -0.2) is 30.1 Å². The van der Waals surface area contributed by atoms with Crippen LogP contribution < -0.4 is 10.1 Å². The summed E-state index contributed by atoms with van der Waals surface area (Å²) in [6, 6.07) is 7.75. The molecule has 1 aliphatic carbocycles. The number of ether oxygens (including phenoxy) is 1. The lowest BCUT2D eigenvalue weighted by Gasteiger charge is -2.11. The second kappa shape index (κ2) is 6.61. The Morgan fingerprint density at radius 3 is 2.52 bits per heavy atom. The van der Waals surface area contributed by atoms with Crippen molar-refractivity contribution in [3.8, 4) is 5.75 Å². The first kappa shape index (κ1) is 15.4. The maximum Gasteiger partial charge on any atom is 0.311 e. The van der Waals surface area contributed by atoms with Gasteiger partial charge in [-0.1, -0.05) is 17.7 Å². The van der Waals surface area contributed by atoms with E-state index in [-0.39, 0.29) is 12.5 Å². The van der Waals surface area contributed by atoms with E-state index >= 15 is 0 Å². The van der Waals surface area contributed by atoms with E-state index in [1.165, 1.54) is 5.56 Å². The van der Waals surface area contributed by atoms with Crippen LogP contribution >= 0.6 is 0 Å². The molecule has 0 unspecified atom stereocenters. The summed E-state index contributed by atoms with van der Waals surface area (Å²) in [5, 5.41) is 11.7. The smallest absolute Gasteiger partial charge is 0.311 e. The van der Waals surface area contributed by atoms with E-state index in [4.69, 9.17) is 9.84 Å². The number of aliphatic carboxylic acids is 1. The van der Waals surface area contributed by atoms with E-state index < -0.39 is 11.4 Å². The van der Waals surface area contributed by atoms with Gasteiger partial charge in [0.25, 0.3) is 0 Å². The summed E-state index contributed by atoms with van der Waals surface area (Å²) < 4.78 is 5.53. The summed E-state index contributed by atoms with van der Waals surface area (Å²) in [7, 11) is 0. The number of hydrogen-bond donors (Lipinski definition) is 2. The quantitative estimate of drug-likeness (QED) is 0.719. The van der Waals surface area contributed by atoms with Crippen molar-refractivity contribution in [3.05, 3.63) is 29.8 Å². The minimum atomic E-state index is -0.814. The van der Waals surface area contributed by atoms with Gasteiger partial charge in [-0.05, 0) is 38.3 Å². The Labute approximate surface area is 124 Å². The van der Waals surface area contributed by atoms with E-state index in [2.05, 4.69) is 5.32 Å². The number of nitrogens with one attached hydrogen (secondary N) is 1. The highest BCUT2D eigenvalue weighted by Gasteiger charge is 2.50. The van der Waals surface area contributed by atoms with Crippen molar-refractivity contribution in [1.29, 1.82) is 0 Å². The summed E-state index contributed by atoms with van der Waals surface area (Å²) in [5.41, 5.74) is 0.475. The SMILES string of the molecule is Cc1ccc(OCCCC(=O)NCC2(C(=O)O)CC2)cc1. The highest BCUT2D eigenvalue weighted by molar-refractivity contribution is 5.80. The summed E-state index contributed by atoms with van der Waals surface area (Å²) >= 11 is 0. The predicted molar refractivity (Wildman–Crippen MR) is 78.2 cm³/mol. The van der Waals surface area contributed by atoms with Crippen molar-refractivity contribution in [2.45, 2.75) is 32.6 Å². The number of carboxylic acid groups (broad SMARTS) is 1. The number of carboxylic acids is 1. The Bertz CT molecular complexity index is 506. The Morgan fingerprint density at radius 2 is 1.95 bits per heavy atom. The van der Waals surface area contributed by atoms with Gasteiger partial charge in [0.1, 0.15) is 5.75 Å². The average Bonchev–Trinajstić information content (AvgIpc) is 3.24. The number of benzene rings is 1. The molecule has 5 heteroatoms. The molecular formula is C16H21NO4. The van der Waals surface area contributed by atoms with Gasteiger partial charge in [0.05, 0.1) is 12.0 Å². The van der Waals surface area contributed by atoms with Crippen LogP contribution in [0, 0.1) is 12.3 Å². The lowest BCUT2D eigenvalue weighted by Crippen LogP contribution is -2.34. The molecule has 0 saturated heterocycles. The molecule has 0 aliphatic heterocycles. The molecule has 1 fully saturated rings. The molecular weight excluding hydrogens is 270 g/mol. The minimum Gasteiger partial charge on any atom is -0.494 e. The zero-order chi connectivity index (χ0) is 15.3. The van der Waals surface area contributed by atoms with Gasteiger partial charge < -0.3 is 15.2 Å². The zero-order valence-corrected chi connectivity index (χ0v) is 12.2. The molecule has 2 N–H and O–H groups in total. The molecule has 114 valence electrons. The lowest BCUT2D eigenvalue weighted by atomic mass is 10.1. The maximum atomic E-state index is 11.6. The number of amides is 1. The second-order valence-corrected chi connectivity index (χ2v) is 5.63. The van der Waals surface area contributed by atoms with Crippen LogP contribution in [0.1, 0.15) is 31.2 Å². The standard InChI is InChI=1S/C16H21NO4/c1-12-4-6-13(7-5-12)21-10-2-3-14(18)17-11-16(8-9-16)15(19)20/h4-7H,2-3,8-11H2,1H3,(H,17,18)(H,19,20). The topological polar surface area (TPSA) is 75.6 Å². The summed E-state index contributed by atoms with van der Waals surface area (Å²) in [6.45, 7) is 2.72.